The Bertz CT molecular complexity index is 1060. The van der Waals surface area contributed by atoms with E-state index in [1.165, 1.54) is 218 Å². The molecule has 6 heteroatoms. The normalized spacial score (nSPS) is 12.9. The van der Waals surface area contributed by atoms with Crippen molar-refractivity contribution < 1.29 is 24.5 Å². The molecule has 2 unspecified atom stereocenters. The molecule has 2 atom stereocenters. The molecule has 0 aliphatic rings. The first-order chi connectivity index (χ1) is 32.0. The van der Waals surface area contributed by atoms with Crippen LogP contribution < -0.4 is 5.32 Å². The van der Waals surface area contributed by atoms with Crippen LogP contribution in [0.5, 0.6) is 0 Å². The third kappa shape index (κ3) is 51.3. The van der Waals surface area contributed by atoms with Gasteiger partial charge in [-0.15, -0.1) is 0 Å². The maximum atomic E-state index is 12.4. The monoisotopic (exact) mass is 914 g/mol. The van der Waals surface area contributed by atoms with Crippen LogP contribution in [0, 0.1) is 0 Å². The molecule has 382 valence electrons. The third-order valence-corrected chi connectivity index (χ3v) is 13.2. The highest BCUT2D eigenvalue weighted by Gasteiger charge is 2.20. The minimum Gasteiger partial charge on any atom is -0.466 e. The summed E-state index contributed by atoms with van der Waals surface area (Å²) < 4.78 is 5.47. The van der Waals surface area contributed by atoms with Crippen LogP contribution in [0.25, 0.3) is 0 Å². The molecule has 65 heavy (non-hydrogen) atoms. The quantitative estimate of drug-likeness (QED) is 0.0321. The number of ether oxygens (including phenoxy) is 1. The molecule has 0 saturated heterocycles. The SMILES string of the molecule is CCCC/C=C\C/C=C\CCCCCCCC(=O)OCCCCCCCCCCCCCC/C=C\CCCCCCCCCCC(=O)NC(CO)C(O)CCCCCCCCCCCC. The smallest absolute Gasteiger partial charge is 0.305 e. The second-order valence-electron chi connectivity index (χ2n) is 19.6. The number of amides is 1. The summed E-state index contributed by atoms with van der Waals surface area (Å²) in [6.07, 6.45) is 67.2. The Morgan fingerprint density at radius 1 is 0.431 bits per heavy atom. The summed E-state index contributed by atoms with van der Waals surface area (Å²) in [4.78, 5) is 24.4. The van der Waals surface area contributed by atoms with Gasteiger partial charge in [-0.1, -0.05) is 249 Å². The van der Waals surface area contributed by atoms with Crippen molar-refractivity contribution in [3.63, 3.8) is 0 Å². The van der Waals surface area contributed by atoms with Gasteiger partial charge in [0, 0.05) is 12.8 Å². The Morgan fingerprint density at radius 3 is 1.23 bits per heavy atom. The summed E-state index contributed by atoms with van der Waals surface area (Å²) in [5.74, 6) is -0.0439. The molecule has 0 bridgehead atoms. The molecule has 0 radical (unpaired) electrons. The van der Waals surface area contributed by atoms with Crippen LogP contribution in [0.2, 0.25) is 0 Å². The molecule has 0 aromatic rings. The van der Waals surface area contributed by atoms with Gasteiger partial charge in [0.1, 0.15) is 0 Å². The number of nitrogens with one attached hydrogen (secondary N) is 1. The Kier molecular flexibility index (Phi) is 53.1. The van der Waals surface area contributed by atoms with E-state index in [4.69, 9.17) is 4.74 Å². The lowest BCUT2D eigenvalue weighted by Gasteiger charge is -2.22. The van der Waals surface area contributed by atoms with E-state index in [0.29, 0.717) is 25.9 Å². The van der Waals surface area contributed by atoms with Crippen molar-refractivity contribution in [1.82, 2.24) is 5.32 Å². The van der Waals surface area contributed by atoms with Crippen LogP contribution in [0.4, 0.5) is 0 Å². The lowest BCUT2D eigenvalue weighted by atomic mass is 10.0. The Labute approximate surface area is 404 Å². The van der Waals surface area contributed by atoms with E-state index in [1.807, 2.05) is 0 Å². The van der Waals surface area contributed by atoms with Gasteiger partial charge in [0.25, 0.3) is 0 Å². The van der Waals surface area contributed by atoms with Gasteiger partial charge in [0.15, 0.2) is 0 Å². The number of carbonyl (C=O) groups is 2. The number of rotatable bonds is 53. The van der Waals surface area contributed by atoms with Crippen molar-refractivity contribution in [3.05, 3.63) is 36.5 Å². The van der Waals surface area contributed by atoms with Gasteiger partial charge in [0.05, 0.1) is 25.4 Å². The van der Waals surface area contributed by atoms with Crippen molar-refractivity contribution in [2.45, 2.75) is 315 Å². The average Bonchev–Trinajstić information content (AvgIpc) is 3.31. The number of hydrogen-bond acceptors (Lipinski definition) is 5. The van der Waals surface area contributed by atoms with Gasteiger partial charge < -0.3 is 20.3 Å². The van der Waals surface area contributed by atoms with Crippen LogP contribution in [-0.4, -0.2) is 47.4 Å². The van der Waals surface area contributed by atoms with Gasteiger partial charge in [-0.25, -0.2) is 0 Å². The summed E-state index contributed by atoms with van der Waals surface area (Å²) in [6, 6.07) is -0.543. The molecule has 0 saturated carbocycles. The number of unbranched alkanes of at least 4 members (excludes halogenated alkanes) is 36. The van der Waals surface area contributed by atoms with E-state index in [2.05, 4.69) is 55.6 Å². The molecule has 1 amide bonds. The van der Waals surface area contributed by atoms with Crippen LogP contribution in [0.15, 0.2) is 36.5 Å². The number of aliphatic hydroxyl groups is 2. The minimum absolute atomic E-state index is 0.00251. The van der Waals surface area contributed by atoms with Crippen LogP contribution in [0.3, 0.4) is 0 Å². The molecule has 0 rings (SSSR count). The van der Waals surface area contributed by atoms with Crippen LogP contribution >= 0.6 is 0 Å². The first-order valence-corrected chi connectivity index (χ1v) is 28.7. The second kappa shape index (κ2) is 54.7. The maximum Gasteiger partial charge on any atom is 0.305 e. The molecule has 3 N–H and O–H groups in total. The maximum absolute atomic E-state index is 12.4. The summed E-state index contributed by atoms with van der Waals surface area (Å²) in [7, 11) is 0. The summed E-state index contributed by atoms with van der Waals surface area (Å²) in [5, 5.41) is 23.1. The predicted molar refractivity (Wildman–Crippen MR) is 283 cm³/mol. The first-order valence-electron chi connectivity index (χ1n) is 28.7. The van der Waals surface area contributed by atoms with Crippen molar-refractivity contribution in [3.8, 4) is 0 Å². The molecule has 0 spiro atoms. The van der Waals surface area contributed by atoms with E-state index in [1.54, 1.807) is 0 Å². The topological polar surface area (TPSA) is 95.9 Å². The van der Waals surface area contributed by atoms with Crippen molar-refractivity contribution in [2.24, 2.45) is 0 Å². The Balaban J connectivity index is 3.39. The molecule has 0 heterocycles. The van der Waals surface area contributed by atoms with Crippen LogP contribution in [0.1, 0.15) is 303 Å². The van der Waals surface area contributed by atoms with Gasteiger partial charge in [-0.3, -0.25) is 9.59 Å². The van der Waals surface area contributed by atoms with E-state index in [0.717, 1.165) is 51.4 Å². The largest absolute Gasteiger partial charge is 0.466 e. The van der Waals surface area contributed by atoms with E-state index in [9.17, 15) is 19.8 Å². The Hall–Kier alpha value is -1.92. The highest BCUT2D eigenvalue weighted by atomic mass is 16.5. The zero-order valence-electron chi connectivity index (χ0n) is 43.5. The number of aliphatic hydroxyl groups excluding tert-OH is 2. The van der Waals surface area contributed by atoms with Gasteiger partial charge in [-0.05, 0) is 77.0 Å². The van der Waals surface area contributed by atoms with Crippen molar-refractivity contribution in [1.29, 1.82) is 0 Å². The summed E-state index contributed by atoms with van der Waals surface area (Å²) >= 11 is 0. The molecular formula is C59H111NO5. The van der Waals surface area contributed by atoms with E-state index >= 15 is 0 Å². The average molecular weight is 915 g/mol. The van der Waals surface area contributed by atoms with Crippen LogP contribution in [-0.2, 0) is 14.3 Å². The molecule has 0 aliphatic heterocycles. The number of esters is 1. The molecule has 0 aromatic heterocycles. The zero-order valence-corrected chi connectivity index (χ0v) is 43.5. The fourth-order valence-electron chi connectivity index (χ4n) is 8.71. The second-order valence-corrected chi connectivity index (χ2v) is 19.6. The van der Waals surface area contributed by atoms with E-state index in [-0.39, 0.29) is 18.5 Å². The van der Waals surface area contributed by atoms with Crippen molar-refractivity contribution >= 4 is 11.9 Å². The zero-order chi connectivity index (χ0) is 47.2. The van der Waals surface area contributed by atoms with E-state index < -0.39 is 12.1 Å². The van der Waals surface area contributed by atoms with Gasteiger partial charge in [-0.2, -0.15) is 0 Å². The summed E-state index contributed by atoms with van der Waals surface area (Å²) in [6.45, 7) is 4.89. The number of allylic oxidation sites excluding steroid dienone is 6. The minimum atomic E-state index is -0.665. The van der Waals surface area contributed by atoms with Gasteiger partial charge in [0.2, 0.25) is 5.91 Å². The van der Waals surface area contributed by atoms with Gasteiger partial charge >= 0.3 is 5.97 Å². The fourth-order valence-corrected chi connectivity index (χ4v) is 8.71. The molecule has 6 nitrogen and oxygen atoms in total. The molecular weight excluding hydrogens is 803 g/mol. The third-order valence-electron chi connectivity index (χ3n) is 13.2. The standard InChI is InChI=1S/C59H111NO5/c1-3-5-7-9-11-13-15-16-30-33-37-41-45-49-53-59(64)65-54-50-46-42-38-34-31-28-26-24-22-20-18-17-19-21-23-25-27-29-32-36-40-44-48-52-58(63)60-56(55-61)57(62)51-47-43-39-35-14-12-10-8-6-4-2/h9,11,15-16,19,21,56-57,61-62H,3-8,10,12-14,17-18,20,22-55H2,1-2H3,(H,60,63)/b11-9-,16-15-,21-19-. The highest BCUT2D eigenvalue weighted by Crippen LogP contribution is 2.16. The number of hydrogen-bond donors (Lipinski definition) is 3. The fraction of sp³-hybridized carbons (Fsp3) is 0.864. The molecule has 0 fully saturated rings. The Morgan fingerprint density at radius 2 is 0.785 bits per heavy atom. The lowest BCUT2D eigenvalue weighted by Crippen LogP contribution is -2.45. The predicted octanol–water partition coefficient (Wildman–Crippen LogP) is 17.6. The molecule has 0 aromatic carbocycles. The molecule has 0 aliphatic carbocycles. The summed E-state index contributed by atoms with van der Waals surface area (Å²) in [5.41, 5.74) is 0. The van der Waals surface area contributed by atoms with Crippen molar-refractivity contribution in [2.75, 3.05) is 13.2 Å². The highest BCUT2D eigenvalue weighted by molar-refractivity contribution is 5.76. The first kappa shape index (κ1) is 63.1. The number of carbonyl (C=O) groups excluding carboxylic acids is 2. The lowest BCUT2D eigenvalue weighted by molar-refractivity contribution is -0.143.